The standard InChI is InChI=1S/C12H17N5O2/c1-19-14-10-12(18)17-7-3-6-16(8-9-17)11-4-2-5-13-15-11/h2,4-5,10H,3,6-9H2,1H3. The number of aromatic nitrogens is 2. The van der Waals surface area contributed by atoms with E-state index in [0.717, 1.165) is 25.3 Å². The molecule has 2 rings (SSSR count). The molecule has 0 aliphatic carbocycles. The molecule has 0 radical (unpaired) electrons. The van der Waals surface area contributed by atoms with Crippen LogP contribution in [0.4, 0.5) is 5.82 Å². The highest BCUT2D eigenvalue weighted by atomic mass is 16.6. The fourth-order valence-corrected chi connectivity index (χ4v) is 2.01. The Morgan fingerprint density at radius 2 is 2.32 bits per heavy atom. The zero-order chi connectivity index (χ0) is 13.5. The van der Waals surface area contributed by atoms with E-state index in [1.165, 1.54) is 13.3 Å². The fraction of sp³-hybridized carbons (Fsp3) is 0.500. The highest BCUT2D eigenvalue weighted by molar-refractivity contribution is 6.25. The van der Waals surface area contributed by atoms with E-state index in [9.17, 15) is 4.79 Å². The first kappa shape index (κ1) is 13.3. The van der Waals surface area contributed by atoms with Crippen molar-refractivity contribution in [2.24, 2.45) is 5.16 Å². The average Bonchev–Trinajstić information content (AvgIpc) is 2.71. The minimum Gasteiger partial charge on any atom is -0.399 e. The molecule has 0 spiro atoms. The van der Waals surface area contributed by atoms with Crippen molar-refractivity contribution in [3.63, 3.8) is 0 Å². The molecular weight excluding hydrogens is 246 g/mol. The maximum atomic E-state index is 11.8. The van der Waals surface area contributed by atoms with E-state index in [0.29, 0.717) is 13.1 Å². The first-order valence-electron chi connectivity index (χ1n) is 6.19. The number of amides is 1. The van der Waals surface area contributed by atoms with Gasteiger partial charge in [-0.25, -0.2) is 0 Å². The molecule has 0 aromatic carbocycles. The summed E-state index contributed by atoms with van der Waals surface area (Å²) in [5.41, 5.74) is 0. The number of nitrogens with zero attached hydrogens (tertiary/aromatic N) is 5. The van der Waals surface area contributed by atoms with E-state index >= 15 is 0 Å². The Labute approximate surface area is 111 Å². The molecule has 7 nitrogen and oxygen atoms in total. The van der Waals surface area contributed by atoms with Crippen molar-refractivity contribution in [1.82, 2.24) is 15.1 Å². The summed E-state index contributed by atoms with van der Waals surface area (Å²) in [5, 5.41) is 11.5. The van der Waals surface area contributed by atoms with E-state index in [1.807, 2.05) is 12.1 Å². The summed E-state index contributed by atoms with van der Waals surface area (Å²) < 4.78 is 0. The molecule has 1 aromatic rings. The number of hydrogen-bond acceptors (Lipinski definition) is 6. The van der Waals surface area contributed by atoms with Crippen LogP contribution in [0, 0.1) is 0 Å². The van der Waals surface area contributed by atoms with Crippen LogP contribution >= 0.6 is 0 Å². The highest BCUT2D eigenvalue weighted by Crippen LogP contribution is 2.11. The average molecular weight is 263 g/mol. The van der Waals surface area contributed by atoms with Crippen LogP contribution in [-0.4, -0.2) is 60.5 Å². The fourth-order valence-electron chi connectivity index (χ4n) is 2.01. The lowest BCUT2D eigenvalue weighted by Crippen LogP contribution is -2.36. The molecule has 0 bridgehead atoms. The third-order valence-corrected chi connectivity index (χ3v) is 2.96. The number of carbonyl (C=O) groups is 1. The molecule has 0 N–H and O–H groups in total. The summed E-state index contributed by atoms with van der Waals surface area (Å²) in [5.74, 6) is 0.727. The molecule has 1 fully saturated rings. The summed E-state index contributed by atoms with van der Waals surface area (Å²) in [7, 11) is 1.42. The van der Waals surface area contributed by atoms with Crippen LogP contribution in [0.15, 0.2) is 23.5 Å². The Morgan fingerprint density at radius 3 is 3.05 bits per heavy atom. The van der Waals surface area contributed by atoms with Crippen LogP contribution in [0.3, 0.4) is 0 Å². The second-order valence-electron chi connectivity index (χ2n) is 4.16. The van der Waals surface area contributed by atoms with Gasteiger partial charge >= 0.3 is 0 Å². The SMILES string of the molecule is CON=CC(=O)N1CCCN(c2cccnn2)CC1. The maximum Gasteiger partial charge on any atom is 0.268 e. The monoisotopic (exact) mass is 263 g/mol. The summed E-state index contributed by atoms with van der Waals surface area (Å²) >= 11 is 0. The van der Waals surface area contributed by atoms with Gasteiger partial charge in [0, 0.05) is 32.4 Å². The van der Waals surface area contributed by atoms with Crippen molar-refractivity contribution in [1.29, 1.82) is 0 Å². The van der Waals surface area contributed by atoms with Gasteiger partial charge in [0.25, 0.3) is 5.91 Å². The molecule has 102 valence electrons. The molecule has 0 saturated carbocycles. The van der Waals surface area contributed by atoms with Crippen molar-refractivity contribution in [3.05, 3.63) is 18.3 Å². The number of carbonyl (C=O) groups excluding carboxylic acids is 1. The van der Waals surface area contributed by atoms with Crippen molar-refractivity contribution in [3.8, 4) is 0 Å². The molecule has 1 aromatic heterocycles. The van der Waals surface area contributed by atoms with Crippen molar-refractivity contribution < 1.29 is 9.63 Å². The predicted molar refractivity (Wildman–Crippen MR) is 70.9 cm³/mol. The second kappa shape index (κ2) is 6.67. The summed E-state index contributed by atoms with van der Waals surface area (Å²) in [4.78, 5) is 20.2. The Hall–Kier alpha value is -2.18. The second-order valence-corrected chi connectivity index (χ2v) is 4.16. The molecule has 19 heavy (non-hydrogen) atoms. The van der Waals surface area contributed by atoms with Crippen molar-refractivity contribution in [2.75, 3.05) is 38.2 Å². The molecule has 2 heterocycles. The minimum atomic E-state index is -0.122. The smallest absolute Gasteiger partial charge is 0.268 e. The Bertz CT molecular complexity index is 437. The molecular formula is C12H17N5O2. The zero-order valence-electron chi connectivity index (χ0n) is 10.9. The third kappa shape index (κ3) is 3.64. The van der Waals surface area contributed by atoms with Crippen molar-refractivity contribution in [2.45, 2.75) is 6.42 Å². The predicted octanol–water partition coefficient (Wildman–Crippen LogP) is 0.147. The van der Waals surface area contributed by atoms with Crippen molar-refractivity contribution >= 4 is 17.9 Å². The van der Waals surface area contributed by atoms with E-state index in [1.54, 1.807) is 11.1 Å². The van der Waals surface area contributed by atoms with Crippen LogP contribution in [0.5, 0.6) is 0 Å². The maximum absolute atomic E-state index is 11.8. The van der Waals surface area contributed by atoms with Crippen LogP contribution in [0.1, 0.15) is 6.42 Å². The summed E-state index contributed by atoms with van der Waals surface area (Å²) in [6, 6.07) is 3.79. The molecule has 0 atom stereocenters. The normalized spacial score (nSPS) is 16.5. The first-order valence-corrected chi connectivity index (χ1v) is 6.19. The Balaban J connectivity index is 1.95. The minimum absolute atomic E-state index is 0.122. The Kier molecular flexibility index (Phi) is 4.66. The van der Waals surface area contributed by atoms with E-state index in [4.69, 9.17) is 0 Å². The van der Waals surface area contributed by atoms with E-state index in [-0.39, 0.29) is 5.91 Å². The molecule has 1 aliphatic heterocycles. The van der Waals surface area contributed by atoms with Crippen LogP contribution in [-0.2, 0) is 9.63 Å². The first-order chi connectivity index (χ1) is 9.31. The quantitative estimate of drug-likeness (QED) is 0.573. The Morgan fingerprint density at radius 1 is 1.42 bits per heavy atom. The summed E-state index contributed by atoms with van der Waals surface area (Å²) in [6.45, 7) is 2.96. The number of oxime groups is 1. The number of anilines is 1. The molecule has 1 saturated heterocycles. The lowest BCUT2D eigenvalue weighted by Gasteiger charge is -2.21. The highest BCUT2D eigenvalue weighted by Gasteiger charge is 2.18. The van der Waals surface area contributed by atoms with Gasteiger partial charge in [0.15, 0.2) is 5.82 Å². The third-order valence-electron chi connectivity index (χ3n) is 2.96. The lowest BCUT2D eigenvalue weighted by atomic mass is 10.3. The van der Waals surface area contributed by atoms with Crippen LogP contribution in [0.25, 0.3) is 0 Å². The van der Waals surface area contributed by atoms with Gasteiger partial charge in [0.05, 0.1) is 0 Å². The van der Waals surface area contributed by atoms with Gasteiger partial charge in [-0.3, -0.25) is 4.79 Å². The largest absolute Gasteiger partial charge is 0.399 e. The zero-order valence-corrected chi connectivity index (χ0v) is 10.9. The van der Waals surface area contributed by atoms with Gasteiger partial charge in [-0.15, -0.1) is 5.10 Å². The van der Waals surface area contributed by atoms with Gasteiger partial charge in [-0.1, -0.05) is 5.16 Å². The van der Waals surface area contributed by atoms with E-state index < -0.39 is 0 Å². The number of hydrogen-bond donors (Lipinski definition) is 0. The van der Waals surface area contributed by atoms with Gasteiger partial charge in [0.2, 0.25) is 0 Å². The van der Waals surface area contributed by atoms with Gasteiger partial charge in [0.1, 0.15) is 13.3 Å². The number of rotatable bonds is 3. The lowest BCUT2D eigenvalue weighted by molar-refractivity contribution is -0.123. The van der Waals surface area contributed by atoms with E-state index in [2.05, 4.69) is 25.1 Å². The topological polar surface area (TPSA) is 70.9 Å². The molecule has 1 amide bonds. The summed E-state index contributed by atoms with van der Waals surface area (Å²) in [6.07, 6.45) is 3.75. The molecule has 0 unspecified atom stereocenters. The van der Waals surface area contributed by atoms with Gasteiger partial charge in [-0.05, 0) is 18.6 Å². The molecule has 1 aliphatic rings. The van der Waals surface area contributed by atoms with Gasteiger partial charge < -0.3 is 14.6 Å². The van der Waals surface area contributed by atoms with Gasteiger partial charge in [-0.2, -0.15) is 5.10 Å². The van der Waals surface area contributed by atoms with Crippen LogP contribution < -0.4 is 4.90 Å². The molecule has 7 heteroatoms. The van der Waals surface area contributed by atoms with Crippen LogP contribution in [0.2, 0.25) is 0 Å².